The van der Waals surface area contributed by atoms with Gasteiger partial charge in [-0.2, -0.15) is 0 Å². The zero-order valence-electron chi connectivity index (χ0n) is 12.2. The summed E-state index contributed by atoms with van der Waals surface area (Å²) < 4.78 is 15.0. The lowest BCUT2D eigenvalue weighted by Crippen LogP contribution is -2.23. The summed E-state index contributed by atoms with van der Waals surface area (Å²) >= 11 is 0. The van der Waals surface area contributed by atoms with Crippen LogP contribution in [0.2, 0.25) is 0 Å². The molecule has 0 aliphatic rings. The van der Waals surface area contributed by atoms with E-state index in [1.165, 1.54) is 26.4 Å². The standard InChI is InChI=1S/C15H18O6/c1-4-21-15(18)12(14(16)17)7-5-10-9-11(19-2)6-8-13(10)20-3/h5-9,12H,4H2,1-3H3,(H,16,17). The molecule has 21 heavy (non-hydrogen) atoms. The molecule has 1 atom stereocenters. The largest absolute Gasteiger partial charge is 0.497 e. The smallest absolute Gasteiger partial charge is 0.324 e. The molecule has 0 aromatic heterocycles. The number of carbonyl (C=O) groups is 2. The van der Waals surface area contributed by atoms with Crippen LogP contribution in [0.25, 0.3) is 6.08 Å². The number of aliphatic carboxylic acids is 1. The van der Waals surface area contributed by atoms with Crippen LogP contribution in [-0.4, -0.2) is 37.9 Å². The van der Waals surface area contributed by atoms with E-state index in [1.807, 2.05) is 0 Å². The van der Waals surface area contributed by atoms with E-state index in [4.69, 9.17) is 19.3 Å². The normalized spacial score (nSPS) is 12.0. The highest BCUT2D eigenvalue weighted by atomic mass is 16.5. The summed E-state index contributed by atoms with van der Waals surface area (Å²) in [7, 11) is 3.02. The van der Waals surface area contributed by atoms with Crippen LogP contribution < -0.4 is 9.47 Å². The Labute approximate surface area is 122 Å². The van der Waals surface area contributed by atoms with Crippen LogP contribution in [0.5, 0.6) is 11.5 Å². The minimum Gasteiger partial charge on any atom is -0.497 e. The molecule has 0 aliphatic carbocycles. The number of carboxylic acids is 1. The zero-order chi connectivity index (χ0) is 15.8. The first kappa shape index (κ1) is 16.6. The number of hydrogen-bond acceptors (Lipinski definition) is 5. The van der Waals surface area contributed by atoms with Gasteiger partial charge in [0.2, 0.25) is 0 Å². The van der Waals surface area contributed by atoms with Gasteiger partial charge in [-0.3, -0.25) is 9.59 Å². The molecule has 0 saturated heterocycles. The molecule has 0 saturated carbocycles. The van der Waals surface area contributed by atoms with E-state index in [-0.39, 0.29) is 6.61 Å². The van der Waals surface area contributed by atoms with Crippen molar-refractivity contribution in [2.24, 2.45) is 5.92 Å². The second-order valence-electron chi connectivity index (χ2n) is 4.03. The van der Waals surface area contributed by atoms with Crippen LogP contribution in [-0.2, 0) is 14.3 Å². The number of rotatable bonds is 7. The van der Waals surface area contributed by atoms with Gasteiger partial charge in [0.25, 0.3) is 0 Å². The maximum atomic E-state index is 11.6. The van der Waals surface area contributed by atoms with Crippen molar-refractivity contribution in [1.82, 2.24) is 0 Å². The van der Waals surface area contributed by atoms with Crippen LogP contribution in [0.3, 0.4) is 0 Å². The van der Waals surface area contributed by atoms with Crippen molar-refractivity contribution in [3.05, 3.63) is 29.8 Å². The number of ether oxygens (including phenoxy) is 3. The van der Waals surface area contributed by atoms with Gasteiger partial charge in [0.15, 0.2) is 5.92 Å². The molecule has 0 amide bonds. The zero-order valence-corrected chi connectivity index (χ0v) is 12.2. The quantitative estimate of drug-likeness (QED) is 0.611. The number of esters is 1. The first-order valence-corrected chi connectivity index (χ1v) is 6.33. The Morgan fingerprint density at radius 2 is 2.00 bits per heavy atom. The summed E-state index contributed by atoms with van der Waals surface area (Å²) in [5.41, 5.74) is 0.604. The molecule has 6 nitrogen and oxygen atoms in total. The van der Waals surface area contributed by atoms with Crippen molar-refractivity contribution in [1.29, 1.82) is 0 Å². The summed E-state index contributed by atoms with van der Waals surface area (Å²) in [6.45, 7) is 1.74. The van der Waals surface area contributed by atoms with Gasteiger partial charge in [0, 0.05) is 5.56 Å². The molecule has 0 radical (unpaired) electrons. The molecule has 1 rings (SSSR count). The number of carboxylic acid groups (broad SMARTS) is 1. The average Bonchev–Trinajstić information content (AvgIpc) is 2.47. The van der Waals surface area contributed by atoms with E-state index in [0.717, 1.165) is 0 Å². The van der Waals surface area contributed by atoms with Gasteiger partial charge in [-0.05, 0) is 25.1 Å². The third kappa shape index (κ3) is 4.52. The molecule has 0 aliphatic heterocycles. The van der Waals surface area contributed by atoms with Crippen molar-refractivity contribution >= 4 is 18.0 Å². The first-order chi connectivity index (χ1) is 10.0. The SMILES string of the molecule is CCOC(=O)C(C=Cc1cc(OC)ccc1OC)C(=O)O. The second-order valence-corrected chi connectivity index (χ2v) is 4.03. The van der Waals surface area contributed by atoms with Crippen molar-refractivity contribution in [3.8, 4) is 11.5 Å². The molecule has 0 fully saturated rings. The number of hydrogen-bond donors (Lipinski definition) is 1. The lowest BCUT2D eigenvalue weighted by Gasteiger charge is -2.09. The molecule has 1 unspecified atom stereocenters. The first-order valence-electron chi connectivity index (χ1n) is 6.33. The van der Waals surface area contributed by atoms with Gasteiger partial charge in [-0.1, -0.05) is 12.2 Å². The minimum absolute atomic E-state index is 0.124. The van der Waals surface area contributed by atoms with Gasteiger partial charge in [-0.15, -0.1) is 0 Å². The molecule has 0 bridgehead atoms. The van der Waals surface area contributed by atoms with E-state index >= 15 is 0 Å². The molecular formula is C15H18O6. The summed E-state index contributed by atoms with van der Waals surface area (Å²) in [4.78, 5) is 22.7. The van der Waals surface area contributed by atoms with E-state index in [2.05, 4.69) is 0 Å². The molecule has 1 aromatic carbocycles. The van der Waals surface area contributed by atoms with Crippen LogP contribution in [0.15, 0.2) is 24.3 Å². The third-order valence-corrected chi connectivity index (χ3v) is 2.71. The average molecular weight is 294 g/mol. The third-order valence-electron chi connectivity index (χ3n) is 2.71. The fourth-order valence-corrected chi connectivity index (χ4v) is 1.66. The second kappa shape index (κ2) is 7.94. The van der Waals surface area contributed by atoms with E-state index < -0.39 is 17.9 Å². The predicted molar refractivity (Wildman–Crippen MR) is 76.3 cm³/mol. The van der Waals surface area contributed by atoms with E-state index in [9.17, 15) is 9.59 Å². The summed E-state index contributed by atoms with van der Waals surface area (Å²) in [6, 6.07) is 5.09. The Kier molecular flexibility index (Phi) is 6.26. The van der Waals surface area contributed by atoms with Crippen molar-refractivity contribution in [2.75, 3.05) is 20.8 Å². The molecule has 6 heteroatoms. The molecule has 0 spiro atoms. The predicted octanol–water partition coefficient (Wildman–Crippen LogP) is 1.98. The molecule has 1 aromatic rings. The van der Waals surface area contributed by atoms with Gasteiger partial charge in [0.05, 0.1) is 20.8 Å². The van der Waals surface area contributed by atoms with Crippen molar-refractivity contribution < 1.29 is 28.9 Å². The molecule has 1 N–H and O–H groups in total. The molecular weight excluding hydrogens is 276 g/mol. The minimum atomic E-state index is -1.36. The fourth-order valence-electron chi connectivity index (χ4n) is 1.66. The highest BCUT2D eigenvalue weighted by Crippen LogP contribution is 2.25. The highest BCUT2D eigenvalue weighted by Gasteiger charge is 2.24. The lowest BCUT2D eigenvalue weighted by atomic mass is 10.1. The van der Waals surface area contributed by atoms with E-state index in [1.54, 1.807) is 25.1 Å². The molecule has 0 heterocycles. The lowest BCUT2D eigenvalue weighted by molar-refractivity contribution is -0.155. The topological polar surface area (TPSA) is 82.1 Å². The maximum Gasteiger partial charge on any atom is 0.324 e. The van der Waals surface area contributed by atoms with Crippen molar-refractivity contribution in [3.63, 3.8) is 0 Å². The van der Waals surface area contributed by atoms with Gasteiger partial charge >= 0.3 is 11.9 Å². The Morgan fingerprint density at radius 1 is 1.29 bits per heavy atom. The van der Waals surface area contributed by atoms with Crippen LogP contribution in [0.1, 0.15) is 12.5 Å². The van der Waals surface area contributed by atoms with E-state index in [0.29, 0.717) is 17.1 Å². The van der Waals surface area contributed by atoms with Crippen molar-refractivity contribution in [2.45, 2.75) is 6.92 Å². The number of methoxy groups -OCH3 is 2. The Hall–Kier alpha value is -2.50. The summed E-state index contributed by atoms with van der Waals surface area (Å²) in [5, 5.41) is 9.07. The monoisotopic (exact) mass is 294 g/mol. The Bertz CT molecular complexity index is 535. The van der Waals surface area contributed by atoms with Crippen LogP contribution in [0.4, 0.5) is 0 Å². The van der Waals surface area contributed by atoms with Crippen LogP contribution in [0, 0.1) is 5.92 Å². The number of benzene rings is 1. The van der Waals surface area contributed by atoms with Gasteiger partial charge < -0.3 is 19.3 Å². The van der Waals surface area contributed by atoms with Crippen LogP contribution >= 0.6 is 0 Å². The number of carbonyl (C=O) groups excluding carboxylic acids is 1. The summed E-state index contributed by atoms with van der Waals surface area (Å²) in [6.07, 6.45) is 2.76. The van der Waals surface area contributed by atoms with Gasteiger partial charge in [-0.25, -0.2) is 0 Å². The molecule has 114 valence electrons. The fraction of sp³-hybridized carbons (Fsp3) is 0.333. The maximum absolute atomic E-state index is 11.6. The Morgan fingerprint density at radius 3 is 2.52 bits per heavy atom. The Balaban J connectivity index is 3.05. The van der Waals surface area contributed by atoms with Gasteiger partial charge in [0.1, 0.15) is 11.5 Å². The summed E-state index contributed by atoms with van der Waals surface area (Å²) in [5.74, 6) is -2.30. The highest BCUT2D eigenvalue weighted by molar-refractivity contribution is 5.96.